The number of sulfonamides is 1. The number of carbonyl (C=O) groups is 2. The van der Waals surface area contributed by atoms with Crippen molar-refractivity contribution in [2.45, 2.75) is 4.90 Å². The van der Waals surface area contributed by atoms with Gasteiger partial charge in [-0.25, -0.2) is 17.6 Å². The molecule has 9 heteroatoms. The molecule has 2 aromatic carbocycles. The summed E-state index contributed by atoms with van der Waals surface area (Å²) in [5, 5.41) is 8.99. The largest absolute Gasteiger partial charge is 0.478 e. The Morgan fingerprint density at radius 2 is 1.78 bits per heavy atom. The van der Waals surface area contributed by atoms with Crippen LogP contribution in [0.1, 0.15) is 20.7 Å². The number of hydrogen-bond donors (Lipinski definition) is 3. The van der Waals surface area contributed by atoms with Crippen LogP contribution in [0, 0.1) is 5.82 Å². The van der Waals surface area contributed by atoms with Gasteiger partial charge in [0.25, 0.3) is 10.0 Å². The average Bonchev–Trinajstić information content (AvgIpc) is 2.46. The van der Waals surface area contributed by atoms with Crippen LogP contribution in [0.4, 0.5) is 10.1 Å². The highest BCUT2D eigenvalue weighted by atomic mass is 32.2. The number of carbonyl (C=O) groups excluding carboxylic acids is 1. The molecule has 0 aromatic heterocycles. The molecular weight excluding hydrogens is 327 g/mol. The maximum atomic E-state index is 13.6. The highest BCUT2D eigenvalue weighted by Gasteiger charge is 2.21. The number of primary amides is 1. The first-order valence-electron chi connectivity index (χ1n) is 6.17. The monoisotopic (exact) mass is 338 g/mol. The number of nitrogens with one attached hydrogen (secondary N) is 1. The zero-order valence-electron chi connectivity index (χ0n) is 11.5. The van der Waals surface area contributed by atoms with Crippen LogP contribution in [0.25, 0.3) is 0 Å². The lowest BCUT2D eigenvalue weighted by atomic mass is 10.2. The van der Waals surface area contributed by atoms with Crippen LogP contribution >= 0.6 is 0 Å². The molecule has 0 unspecified atom stereocenters. The van der Waals surface area contributed by atoms with Crippen molar-refractivity contribution in [1.29, 1.82) is 0 Å². The Kier molecular flexibility index (Phi) is 4.32. The third-order valence-corrected chi connectivity index (χ3v) is 4.26. The number of hydrogen-bond acceptors (Lipinski definition) is 4. The van der Waals surface area contributed by atoms with E-state index in [0.717, 1.165) is 18.2 Å². The molecule has 0 bridgehead atoms. The van der Waals surface area contributed by atoms with E-state index in [1.807, 2.05) is 4.72 Å². The smallest absolute Gasteiger partial charge is 0.340 e. The Balaban J connectivity index is 2.48. The number of carboxylic acid groups (broad SMARTS) is 1. The fraction of sp³-hybridized carbons (Fsp3) is 0. The summed E-state index contributed by atoms with van der Waals surface area (Å²) < 4.78 is 40.1. The predicted molar refractivity (Wildman–Crippen MR) is 79.1 cm³/mol. The normalized spacial score (nSPS) is 11.0. The van der Waals surface area contributed by atoms with Crippen molar-refractivity contribution in [1.82, 2.24) is 0 Å². The van der Waals surface area contributed by atoms with Gasteiger partial charge >= 0.3 is 5.97 Å². The molecule has 0 saturated heterocycles. The molecule has 0 heterocycles. The highest BCUT2D eigenvalue weighted by molar-refractivity contribution is 7.92. The number of rotatable bonds is 5. The number of benzene rings is 2. The lowest BCUT2D eigenvalue weighted by Crippen LogP contribution is -2.18. The molecule has 0 saturated carbocycles. The summed E-state index contributed by atoms with van der Waals surface area (Å²) in [6, 6.07) is 8.03. The van der Waals surface area contributed by atoms with Crippen molar-refractivity contribution in [3.63, 3.8) is 0 Å². The van der Waals surface area contributed by atoms with Gasteiger partial charge in [-0.1, -0.05) is 12.1 Å². The Bertz CT molecular complexity index is 896. The molecule has 120 valence electrons. The summed E-state index contributed by atoms with van der Waals surface area (Å²) in [5.41, 5.74) is 3.81. The van der Waals surface area contributed by atoms with Gasteiger partial charge in [0.05, 0.1) is 10.6 Å². The first-order valence-corrected chi connectivity index (χ1v) is 7.65. The Hall–Kier alpha value is -2.94. The van der Waals surface area contributed by atoms with Crippen LogP contribution in [0.15, 0.2) is 47.4 Å². The summed E-state index contributed by atoms with van der Waals surface area (Å²) in [6.07, 6.45) is 0. The summed E-state index contributed by atoms with van der Waals surface area (Å²) >= 11 is 0. The molecule has 2 aromatic rings. The summed E-state index contributed by atoms with van der Waals surface area (Å²) in [4.78, 5) is 21.9. The van der Waals surface area contributed by atoms with Gasteiger partial charge in [0.1, 0.15) is 11.4 Å². The zero-order valence-corrected chi connectivity index (χ0v) is 12.3. The summed E-state index contributed by atoms with van der Waals surface area (Å²) in [7, 11) is -4.23. The van der Waals surface area contributed by atoms with Crippen LogP contribution < -0.4 is 10.5 Å². The maximum absolute atomic E-state index is 13.6. The number of carboxylic acids is 1. The van der Waals surface area contributed by atoms with E-state index in [2.05, 4.69) is 0 Å². The van der Waals surface area contributed by atoms with Crippen molar-refractivity contribution < 1.29 is 27.5 Å². The van der Waals surface area contributed by atoms with E-state index < -0.39 is 39.0 Å². The quantitative estimate of drug-likeness (QED) is 0.760. The second kappa shape index (κ2) is 6.05. The SMILES string of the molecule is NC(=O)c1cccc(S(=O)(=O)Nc2cccc(F)c2C(=O)O)c1. The number of amides is 1. The standard InChI is InChI=1S/C14H11FN2O5S/c15-10-5-2-6-11(12(10)14(19)20)17-23(21,22)9-4-1-3-8(7-9)13(16)18/h1-7,17H,(H2,16,18)(H,19,20). The number of nitrogens with two attached hydrogens (primary N) is 1. The van der Waals surface area contributed by atoms with Crippen molar-refractivity contribution in [3.8, 4) is 0 Å². The summed E-state index contributed by atoms with van der Waals surface area (Å²) in [6.45, 7) is 0. The first-order chi connectivity index (χ1) is 10.7. The second-order valence-electron chi connectivity index (χ2n) is 4.47. The van der Waals surface area contributed by atoms with E-state index in [1.165, 1.54) is 24.3 Å². The van der Waals surface area contributed by atoms with E-state index in [-0.39, 0.29) is 10.5 Å². The fourth-order valence-corrected chi connectivity index (χ4v) is 2.96. The van der Waals surface area contributed by atoms with Gasteiger partial charge in [-0.15, -0.1) is 0 Å². The van der Waals surface area contributed by atoms with Crippen LogP contribution in [0.2, 0.25) is 0 Å². The Morgan fingerprint density at radius 1 is 1.13 bits per heavy atom. The molecule has 1 amide bonds. The molecule has 0 aliphatic heterocycles. The minimum absolute atomic E-state index is 0.0365. The lowest BCUT2D eigenvalue weighted by molar-refractivity contribution is 0.0693. The molecule has 7 nitrogen and oxygen atoms in total. The molecule has 0 aliphatic rings. The van der Waals surface area contributed by atoms with Gasteiger partial charge in [0.15, 0.2) is 0 Å². The second-order valence-corrected chi connectivity index (χ2v) is 6.15. The lowest BCUT2D eigenvalue weighted by Gasteiger charge is -2.11. The van der Waals surface area contributed by atoms with Crippen LogP contribution in [-0.4, -0.2) is 25.4 Å². The van der Waals surface area contributed by atoms with Gasteiger partial charge in [-0.2, -0.15) is 0 Å². The average molecular weight is 338 g/mol. The van der Waals surface area contributed by atoms with Crippen molar-refractivity contribution in [2.75, 3.05) is 4.72 Å². The molecule has 0 radical (unpaired) electrons. The van der Waals surface area contributed by atoms with E-state index in [0.29, 0.717) is 0 Å². The van der Waals surface area contributed by atoms with Crippen LogP contribution in [0.3, 0.4) is 0 Å². The third-order valence-electron chi connectivity index (χ3n) is 2.90. The van der Waals surface area contributed by atoms with E-state index >= 15 is 0 Å². The van der Waals surface area contributed by atoms with Gasteiger partial charge in [-0.3, -0.25) is 9.52 Å². The molecular formula is C14H11FN2O5S. The number of aromatic carboxylic acids is 1. The van der Waals surface area contributed by atoms with E-state index in [4.69, 9.17) is 10.8 Å². The van der Waals surface area contributed by atoms with E-state index in [1.54, 1.807) is 0 Å². The first kappa shape index (κ1) is 16.4. The van der Waals surface area contributed by atoms with E-state index in [9.17, 15) is 22.4 Å². The van der Waals surface area contributed by atoms with Crippen molar-refractivity contribution in [3.05, 3.63) is 59.4 Å². The van der Waals surface area contributed by atoms with Gasteiger partial charge < -0.3 is 10.8 Å². The maximum Gasteiger partial charge on any atom is 0.340 e. The topological polar surface area (TPSA) is 127 Å². The molecule has 0 atom stereocenters. The van der Waals surface area contributed by atoms with Gasteiger partial charge in [0.2, 0.25) is 5.91 Å². The molecule has 4 N–H and O–H groups in total. The summed E-state index contributed by atoms with van der Waals surface area (Å²) in [5.74, 6) is -3.52. The molecule has 0 aliphatic carbocycles. The van der Waals surface area contributed by atoms with Gasteiger partial charge in [-0.05, 0) is 30.3 Å². The van der Waals surface area contributed by atoms with Crippen molar-refractivity contribution >= 4 is 27.6 Å². The molecule has 0 spiro atoms. The third kappa shape index (κ3) is 3.46. The minimum atomic E-state index is -4.23. The Labute approximate surface area is 130 Å². The highest BCUT2D eigenvalue weighted by Crippen LogP contribution is 2.23. The minimum Gasteiger partial charge on any atom is -0.478 e. The predicted octanol–water partition coefficient (Wildman–Crippen LogP) is 1.42. The van der Waals surface area contributed by atoms with Gasteiger partial charge in [0, 0.05) is 5.56 Å². The van der Waals surface area contributed by atoms with Crippen LogP contribution in [0.5, 0.6) is 0 Å². The molecule has 0 fully saturated rings. The zero-order chi connectivity index (χ0) is 17.2. The fourth-order valence-electron chi connectivity index (χ4n) is 1.85. The van der Waals surface area contributed by atoms with Crippen LogP contribution in [-0.2, 0) is 10.0 Å². The number of halogens is 1. The number of anilines is 1. The molecule has 2 rings (SSSR count). The molecule has 23 heavy (non-hydrogen) atoms. The Morgan fingerprint density at radius 3 is 2.39 bits per heavy atom. The van der Waals surface area contributed by atoms with Crippen molar-refractivity contribution in [2.24, 2.45) is 5.73 Å².